The topological polar surface area (TPSA) is 57.5 Å². The maximum absolute atomic E-state index is 10.1. The molecule has 0 aromatic heterocycles. The minimum Gasteiger partial charge on any atom is -0.478 e. The van der Waals surface area contributed by atoms with E-state index in [1.807, 2.05) is 6.92 Å². The van der Waals surface area contributed by atoms with Gasteiger partial charge in [-0.05, 0) is 12.8 Å². The highest BCUT2D eigenvalue weighted by atomic mass is 16.4. The lowest BCUT2D eigenvalue weighted by Gasteiger charge is -1.95. The quantitative estimate of drug-likeness (QED) is 0.611. The van der Waals surface area contributed by atoms with Crippen LogP contribution in [0.1, 0.15) is 26.2 Å². The average molecular weight is 160 g/mol. The van der Waals surface area contributed by atoms with Gasteiger partial charge in [-0.1, -0.05) is 19.9 Å². The predicted octanol–water partition coefficient (Wildman–Crippen LogP) is 1.43. The number of rotatable bonds is 4. The molecule has 0 aromatic rings. The Morgan fingerprint density at radius 2 is 1.91 bits per heavy atom. The van der Waals surface area contributed by atoms with Crippen LogP contribution >= 0.6 is 0 Å². The molecule has 0 fully saturated rings. The van der Waals surface area contributed by atoms with E-state index in [0.717, 1.165) is 20.0 Å². The summed E-state index contributed by atoms with van der Waals surface area (Å²) < 4.78 is 0. The van der Waals surface area contributed by atoms with Crippen LogP contribution in [0, 0.1) is 0 Å². The normalized spacial score (nSPS) is 7.91. The van der Waals surface area contributed by atoms with Gasteiger partial charge in [0.2, 0.25) is 0 Å². The van der Waals surface area contributed by atoms with E-state index in [-0.39, 0.29) is 0 Å². The summed E-state index contributed by atoms with van der Waals surface area (Å²) in [5.74, 6) is -0.872. The summed E-state index contributed by atoms with van der Waals surface area (Å²) in [6, 6.07) is 0. The number of aliphatic hydroxyl groups excluding tert-OH is 1. The molecule has 0 aliphatic heterocycles. The van der Waals surface area contributed by atoms with Gasteiger partial charge in [0.15, 0.2) is 0 Å². The number of carboxylic acid groups (broad SMARTS) is 1. The molecule has 3 heteroatoms. The molecule has 0 heterocycles. The Kier molecular flexibility index (Phi) is 10.7. The molecule has 0 aliphatic rings. The van der Waals surface area contributed by atoms with Gasteiger partial charge in [-0.25, -0.2) is 4.79 Å². The van der Waals surface area contributed by atoms with Crippen LogP contribution < -0.4 is 0 Å². The number of hydrogen-bond donors (Lipinski definition) is 2. The second kappa shape index (κ2) is 9.17. The number of carbonyl (C=O) groups is 1. The van der Waals surface area contributed by atoms with E-state index < -0.39 is 5.97 Å². The summed E-state index contributed by atoms with van der Waals surface area (Å²) in [5.41, 5.74) is 0.317. The third kappa shape index (κ3) is 9.17. The first-order chi connectivity index (χ1) is 5.18. The second-order valence-corrected chi connectivity index (χ2v) is 2.01. The third-order valence-corrected chi connectivity index (χ3v) is 1.13. The van der Waals surface area contributed by atoms with E-state index in [2.05, 4.69) is 6.58 Å². The summed E-state index contributed by atoms with van der Waals surface area (Å²) in [6.45, 7) is 5.42. The highest BCUT2D eigenvalue weighted by Gasteiger charge is 2.00. The van der Waals surface area contributed by atoms with Crippen molar-refractivity contribution in [2.75, 3.05) is 7.11 Å². The standard InChI is InChI=1S/C7H12O2.CH4O/c1-3-4-5-6(2)7(8)9;1-2/h2-5H2,1H3,(H,8,9);2H,1H3. The van der Waals surface area contributed by atoms with Gasteiger partial charge in [-0.3, -0.25) is 0 Å². The van der Waals surface area contributed by atoms with E-state index >= 15 is 0 Å². The SMILES string of the molecule is C=C(CCCC)C(=O)O.CO. The van der Waals surface area contributed by atoms with Gasteiger partial charge in [0.25, 0.3) is 0 Å². The molecule has 0 unspecified atom stereocenters. The lowest BCUT2D eigenvalue weighted by atomic mass is 10.1. The fourth-order valence-corrected chi connectivity index (χ4v) is 0.497. The zero-order chi connectivity index (χ0) is 9.28. The van der Waals surface area contributed by atoms with Crippen molar-refractivity contribution >= 4 is 5.97 Å². The number of hydrogen-bond acceptors (Lipinski definition) is 2. The summed E-state index contributed by atoms with van der Waals surface area (Å²) in [5, 5.41) is 15.3. The average Bonchev–Trinajstić information content (AvgIpc) is 2.03. The van der Waals surface area contributed by atoms with Crippen LogP contribution in [0.4, 0.5) is 0 Å². The van der Waals surface area contributed by atoms with Gasteiger partial charge < -0.3 is 10.2 Å². The zero-order valence-corrected chi connectivity index (χ0v) is 7.13. The molecule has 0 saturated carbocycles. The van der Waals surface area contributed by atoms with Crippen molar-refractivity contribution in [1.29, 1.82) is 0 Å². The third-order valence-electron chi connectivity index (χ3n) is 1.13. The molecule has 2 N–H and O–H groups in total. The van der Waals surface area contributed by atoms with Gasteiger partial charge in [0, 0.05) is 12.7 Å². The largest absolute Gasteiger partial charge is 0.478 e. The van der Waals surface area contributed by atoms with E-state index in [0.29, 0.717) is 12.0 Å². The van der Waals surface area contributed by atoms with Gasteiger partial charge in [0.05, 0.1) is 0 Å². The minimum atomic E-state index is -0.872. The lowest BCUT2D eigenvalue weighted by Crippen LogP contribution is -1.97. The first kappa shape index (κ1) is 12.8. The van der Waals surface area contributed by atoms with E-state index in [4.69, 9.17) is 10.2 Å². The van der Waals surface area contributed by atoms with Crippen LogP contribution in [-0.2, 0) is 4.79 Å². The number of aliphatic carboxylic acids is 1. The zero-order valence-electron chi connectivity index (χ0n) is 7.13. The first-order valence-corrected chi connectivity index (χ1v) is 3.54. The summed E-state index contributed by atoms with van der Waals surface area (Å²) in [6.07, 6.45) is 2.56. The molecule has 66 valence electrons. The molecule has 0 aliphatic carbocycles. The van der Waals surface area contributed by atoms with Gasteiger partial charge in [0.1, 0.15) is 0 Å². The fraction of sp³-hybridized carbons (Fsp3) is 0.625. The Morgan fingerprint density at radius 1 is 1.45 bits per heavy atom. The van der Waals surface area contributed by atoms with Crippen molar-refractivity contribution in [3.8, 4) is 0 Å². The summed E-state index contributed by atoms with van der Waals surface area (Å²) in [7, 11) is 1.00. The van der Waals surface area contributed by atoms with Gasteiger partial charge >= 0.3 is 5.97 Å². The molecule has 0 rings (SSSR count). The minimum absolute atomic E-state index is 0.317. The van der Waals surface area contributed by atoms with Crippen LogP contribution in [0.25, 0.3) is 0 Å². The maximum Gasteiger partial charge on any atom is 0.330 e. The second-order valence-electron chi connectivity index (χ2n) is 2.01. The van der Waals surface area contributed by atoms with E-state index in [1.54, 1.807) is 0 Å². The molecular weight excluding hydrogens is 144 g/mol. The van der Waals surface area contributed by atoms with Crippen molar-refractivity contribution < 1.29 is 15.0 Å². The molecule has 0 bridgehead atoms. The number of carboxylic acids is 1. The van der Waals surface area contributed by atoms with Crippen LogP contribution in [0.2, 0.25) is 0 Å². The summed E-state index contributed by atoms with van der Waals surface area (Å²) >= 11 is 0. The molecule has 11 heavy (non-hydrogen) atoms. The molecule has 0 saturated heterocycles. The van der Waals surface area contributed by atoms with Crippen molar-refractivity contribution in [3.63, 3.8) is 0 Å². The molecule has 0 radical (unpaired) electrons. The van der Waals surface area contributed by atoms with Gasteiger partial charge in [-0.15, -0.1) is 0 Å². The number of unbranched alkanes of at least 4 members (excludes halogenated alkanes) is 1. The Bertz CT molecular complexity index is 119. The highest BCUT2D eigenvalue weighted by Crippen LogP contribution is 2.03. The van der Waals surface area contributed by atoms with Crippen LogP contribution in [-0.4, -0.2) is 23.3 Å². The van der Waals surface area contributed by atoms with E-state index in [1.165, 1.54) is 0 Å². The van der Waals surface area contributed by atoms with Crippen molar-refractivity contribution in [2.24, 2.45) is 0 Å². The molecular formula is C8H16O3. The predicted molar refractivity (Wildman–Crippen MR) is 44.4 cm³/mol. The molecule has 0 atom stereocenters. The van der Waals surface area contributed by atoms with Crippen molar-refractivity contribution in [2.45, 2.75) is 26.2 Å². The maximum atomic E-state index is 10.1. The first-order valence-electron chi connectivity index (χ1n) is 3.54. The summed E-state index contributed by atoms with van der Waals surface area (Å²) in [4.78, 5) is 10.1. The van der Waals surface area contributed by atoms with Crippen LogP contribution in [0.15, 0.2) is 12.2 Å². The van der Waals surface area contributed by atoms with Crippen molar-refractivity contribution in [3.05, 3.63) is 12.2 Å². The van der Waals surface area contributed by atoms with Gasteiger partial charge in [-0.2, -0.15) is 0 Å². The van der Waals surface area contributed by atoms with E-state index in [9.17, 15) is 4.79 Å². The smallest absolute Gasteiger partial charge is 0.330 e. The Labute approximate surface area is 67.4 Å². The van der Waals surface area contributed by atoms with Crippen molar-refractivity contribution in [1.82, 2.24) is 0 Å². The highest BCUT2D eigenvalue weighted by molar-refractivity contribution is 5.85. The monoisotopic (exact) mass is 160 g/mol. The fourth-order valence-electron chi connectivity index (χ4n) is 0.497. The number of aliphatic hydroxyl groups is 1. The van der Waals surface area contributed by atoms with Crippen LogP contribution in [0.5, 0.6) is 0 Å². The van der Waals surface area contributed by atoms with Crippen LogP contribution in [0.3, 0.4) is 0 Å². The molecule has 0 aromatic carbocycles. The Hall–Kier alpha value is -0.830. The molecule has 3 nitrogen and oxygen atoms in total. The lowest BCUT2D eigenvalue weighted by molar-refractivity contribution is -0.132. The Balaban J connectivity index is 0. The Morgan fingerprint density at radius 3 is 2.18 bits per heavy atom. The molecule has 0 spiro atoms. The molecule has 0 amide bonds.